The number of rotatable bonds is 3. The van der Waals surface area contributed by atoms with Gasteiger partial charge in [0.15, 0.2) is 0 Å². The molecule has 21 heavy (non-hydrogen) atoms. The average molecular weight is 311 g/mol. The monoisotopic (exact) mass is 311 g/mol. The molecule has 0 spiro atoms. The number of sulfonamides is 1. The van der Waals surface area contributed by atoms with Gasteiger partial charge in [-0.25, -0.2) is 13.2 Å². The third kappa shape index (κ3) is 2.61. The number of benzene rings is 1. The fraction of sp³-hybridized carbons (Fsp3) is 0.462. The third-order valence-electron chi connectivity index (χ3n) is 3.87. The molecule has 0 unspecified atom stereocenters. The van der Waals surface area contributed by atoms with Crippen LogP contribution in [0.15, 0.2) is 27.9 Å². The lowest BCUT2D eigenvalue weighted by atomic mass is 10.0. The molecule has 2 aromatic rings. The Labute approximate surface area is 121 Å². The predicted octanol–water partition coefficient (Wildman–Crippen LogP) is 0.249. The number of hydrogen-bond donors (Lipinski definition) is 3. The maximum Gasteiger partial charge on any atom is 0.323 e. The molecule has 114 valence electrons. The molecule has 1 fully saturated rings. The van der Waals surface area contributed by atoms with Crippen LogP contribution in [-0.4, -0.2) is 47.5 Å². The largest absolute Gasteiger partial charge is 0.396 e. The second-order valence-electron chi connectivity index (χ2n) is 5.34. The molecule has 1 saturated heterocycles. The first kappa shape index (κ1) is 14.3. The number of aliphatic hydroxyl groups excluding tert-OH is 1. The molecule has 2 heterocycles. The lowest BCUT2D eigenvalue weighted by Crippen LogP contribution is -2.40. The van der Waals surface area contributed by atoms with Crippen LogP contribution in [0.25, 0.3) is 11.0 Å². The molecule has 7 nitrogen and oxygen atoms in total. The standard InChI is InChI=1S/C13H17N3O4S/c17-8-9-2-1-5-16(7-9)21(19,20)10-3-4-11-12(6-10)15-13(18)14-11/h3-4,6,9,17H,1-2,5,7-8H2,(H2,14,15,18)/t9-/m0/s1. The lowest BCUT2D eigenvalue weighted by Gasteiger charge is -2.30. The highest BCUT2D eigenvalue weighted by atomic mass is 32.2. The van der Waals surface area contributed by atoms with Crippen molar-refractivity contribution in [1.82, 2.24) is 14.3 Å². The van der Waals surface area contributed by atoms with Crippen molar-refractivity contribution in [2.24, 2.45) is 5.92 Å². The summed E-state index contributed by atoms with van der Waals surface area (Å²) in [4.78, 5) is 16.5. The van der Waals surface area contributed by atoms with E-state index in [1.807, 2.05) is 0 Å². The van der Waals surface area contributed by atoms with Gasteiger partial charge in [0.2, 0.25) is 10.0 Å². The van der Waals surface area contributed by atoms with E-state index in [4.69, 9.17) is 0 Å². The first-order valence-corrected chi connectivity index (χ1v) is 8.28. The molecule has 0 bridgehead atoms. The van der Waals surface area contributed by atoms with Gasteiger partial charge in [-0.2, -0.15) is 4.31 Å². The molecule has 1 aliphatic heterocycles. The van der Waals surface area contributed by atoms with Crippen LogP contribution in [0.2, 0.25) is 0 Å². The predicted molar refractivity (Wildman–Crippen MR) is 77.5 cm³/mol. The van der Waals surface area contributed by atoms with E-state index in [1.165, 1.54) is 16.4 Å². The normalized spacial score (nSPS) is 20.9. The van der Waals surface area contributed by atoms with Crippen molar-refractivity contribution < 1.29 is 13.5 Å². The number of hydrogen-bond acceptors (Lipinski definition) is 4. The number of nitrogens with one attached hydrogen (secondary N) is 2. The van der Waals surface area contributed by atoms with Crippen LogP contribution in [0, 0.1) is 5.92 Å². The Balaban J connectivity index is 1.97. The second kappa shape index (κ2) is 5.28. The highest BCUT2D eigenvalue weighted by Crippen LogP contribution is 2.24. The van der Waals surface area contributed by atoms with E-state index >= 15 is 0 Å². The van der Waals surface area contributed by atoms with Crippen LogP contribution in [-0.2, 0) is 10.0 Å². The zero-order chi connectivity index (χ0) is 15.0. The highest BCUT2D eigenvalue weighted by Gasteiger charge is 2.30. The van der Waals surface area contributed by atoms with Gasteiger partial charge in [-0.05, 0) is 37.0 Å². The Kier molecular flexibility index (Phi) is 3.60. The number of aromatic amines is 2. The molecule has 3 N–H and O–H groups in total. The summed E-state index contributed by atoms with van der Waals surface area (Å²) < 4.78 is 26.7. The highest BCUT2D eigenvalue weighted by molar-refractivity contribution is 7.89. The van der Waals surface area contributed by atoms with Crippen molar-refractivity contribution in [3.8, 4) is 0 Å². The third-order valence-corrected chi connectivity index (χ3v) is 5.73. The lowest BCUT2D eigenvalue weighted by molar-refractivity contribution is 0.165. The van der Waals surface area contributed by atoms with Gasteiger partial charge in [-0.15, -0.1) is 0 Å². The van der Waals surface area contributed by atoms with Crippen LogP contribution in [0.4, 0.5) is 0 Å². The van der Waals surface area contributed by atoms with Crippen molar-refractivity contribution in [2.45, 2.75) is 17.7 Å². The van der Waals surface area contributed by atoms with Crippen LogP contribution in [0.1, 0.15) is 12.8 Å². The minimum Gasteiger partial charge on any atom is -0.396 e. The molecule has 1 atom stereocenters. The number of aliphatic hydroxyl groups is 1. The number of imidazole rings is 1. The Bertz CT molecular complexity index is 808. The van der Waals surface area contributed by atoms with Crippen molar-refractivity contribution >= 4 is 21.1 Å². The van der Waals surface area contributed by atoms with Gasteiger partial charge in [-0.1, -0.05) is 0 Å². The summed E-state index contributed by atoms with van der Waals surface area (Å²) in [5.74, 6) is -0.00989. The minimum absolute atomic E-state index is 0.00378. The topological polar surface area (TPSA) is 106 Å². The molecule has 1 aliphatic rings. The first-order chi connectivity index (χ1) is 10.0. The van der Waals surface area contributed by atoms with Gasteiger partial charge in [-0.3, -0.25) is 0 Å². The molecule has 3 rings (SSSR count). The smallest absolute Gasteiger partial charge is 0.323 e. The second-order valence-corrected chi connectivity index (χ2v) is 7.28. The number of aromatic nitrogens is 2. The van der Waals surface area contributed by atoms with E-state index in [9.17, 15) is 18.3 Å². The molecule has 0 radical (unpaired) electrons. The summed E-state index contributed by atoms with van der Waals surface area (Å²) in [6, 6.07) is 4.53. The maximum absolute atomic E-state index is 12.6. The SMILES string of the molecule is O=c1[nH]c2ccc(S(=O)(=O)N3CCC[C@H](CO)C3)cc2[nH]1. The van der Waals surface area contributed by atoms with Crippen molar-refractivity contribution in [1.29, 1.82) is 0 Å². The van der Waals surface area contributed by atoms with Gasteiger partial charge in [0.05, 0.1) is 15.9 Å². The van der Waals surface area contributed by atoms with Crippen molar-refractivity contribution in [3.63, 3.8) is 0 Å². The number of nitrogens with zero attached hydrogens (tertiary/aromatic N) is 1. The zero-order valence-electron chi connectivity index (χ0n) is 11.4. The molecule has 0 aliphatic carbocycles. The average Bonchev–Trinajstić information content (AvgIpc) is 2.86. The Hall–Kier alpha value is -1.64. The van der Waals surface area contributed by atoms with Gasteiger partial charge in [0.25, 0.3) is 0 Å². The van der Waals surface area contributed by atoms with Crippen LogP contribution < -0.4 is 5.69 Å². The summed E-state index contributed by atoms with van der Waals surface area (Å²) in [6.07, 6.45) is 1.58. The van der Waals surface area contributed by atoms with Gasteiger partial charge >= 0.3 is 5.69 Å². The molecule has 8 heteroatoms. The molecule has 0 amide bonds. The van der Waals surface area contributed by atoms with Crippen LogP contribution in [0.5, 0.6) is 0 Å². The summed E-state index contributed by atoms with van der Waals surface area (Å²) in [6.45, 7) is 0.789. The minimum atomic E-state index is -3.60. The first-order valence-electron chi connectivity index (χ1n) is 6.84. The van der Waals surface area contributed by atoms with Crippen LogP contribution >= 0.6 is 0 Å². The Morgan fingerprint density at radius 2 is 2.05 bits per heavy atom. The summed E-state index contributed by atoms with van der Waals surface area (Å²) >= 11 is 0. The molecular weight excluding hydrogens is 294 g/mol. The van der Waals surface area contributed by atoms with E-state index in [-0.39, 0.29) is 23.1 Å². The number of fused-ring (bicyclic) bond motifs is 1. The van der Waals surface area contributed by atoms with E-state index in [0.717, 1.165) is 12.8 Å². The quantitative estimate of drug-likeness (QED) is 0.755. The number of H-pyrrole nitrogens is 2. The fourth-order valence-corrected chi connectivity index (χ4v) is 4.30. The fourth-order valence-electron chi connectivity index (χ4n) is 2.72. The molecule has 1 aromatic carbocycles. The molecule has 1 aromatic heterocycles. The van der Waals surface area contributed by atoms with E-state index in [1.54, 1.807) is 6.07 Å². The molecule has 0 saturated carbocycles. The van der Waals surface area contributed by atoms with Crippen molar-refractivity contribution in [2.75, 3.05) is 19.7 Å². The Morgan fingerprint density at radius 1 is 1.29 bits per heavy atom. The number of piperidine rings is 1. The Morgan fingerprint density at radius 3 is 2.81 bits per heavy atom. The maximum atomic E-state index is 12.6. The summed E-state index contributed by atoms with van der Waals surface area (Å²) in [5, 5.41) is 9.22. The van der Waals surface area contributed by atoms with E-state index in [0.29, 0.717) is 24.1 Å². The van der Waals surface area contributed by atoms with Gasteiger partial charge in [0.1, 0.15) is 0 Å². The zero-order valence-corrected chi connectivity index (χ0v) is 12.2. The van der Waals surface area contributed by atoms with Gasteiger partial charge < -0.3 is 15.1 Å². The van der Waals surface area contributed by atoms with E-state index in [2.05, 4.69) is 9.97 Å². The van der Waals surface area contributed by atoms with Crippen molar-refractivity contribution in [3.05, 3.63) is 28.7 Å². The van der Waals surface area contributed by atoms with Gasteiger partial charge in [0, 0.05) is 19.7 Å². The van der Waals surface area contributed by atoms with E-state index < -0.39 is 10.0 Å². The molecular formula is C13H17N3O4S. The summed E-state index contributed by atoms with van der Waals surface area (Å²) in [5.41, 5.74) is 0.681. The van der Waals surface area contributed by atoms with Crippen LogP contribution in [0.3, 0.4) is 0 Å². The summed E-state index contributed by atoms with van der Waals surface area (Å²) in [7, 11) is -3.60.